The summed E-state index contributed by atoms with van der Waals surface area (Å²) in [6, 6.07) is 0. The zero-order chi connectivity index (χ0) is 5.82. The standard InChI is InChI=1S/C6H9NO/c1-2-8-6-4-3-5-7-6/h2H,1,3-5H2. The van der Waals surface area contributed by atoms with E-state index in [9.17, 15) is 0 Å². The molecule has 0 saturated carbocycles. The van der Waals surface area contributed by atoms with Gasteiger partial charge in [0.15, 0.2) is 5.90 Å². The average Bonchev–Trinajstić information content (AvgIpc) is 2.19. The van der Waals surface area contributed by atoms with E-state index in [0.717, 1.165) is 25.3 Å². The molecule has 0 bridgehead atoms. The quantitative estimate of drug-likeness (QED) is 0.468. The Morgan fingerprint density at radius 2 is 2.62 bits per heavy atom. The van der Waals surface area contributed by atoms with Crippen LogP contribution in [-0.4, -0.2) is 12.4 Å². The minimum atomic E-state index is 0.833. The monoisotopic (exact) mass is 111 g/mol. The maximum absolute atomic E-state index is 4.92. The predicted molar refractivity (Wildman–Crippen MR) is 32.8 cm³/mol. The van der Waals surface area contributed by atoms with E-state index in [0.29, 0.717) is 0 Å². The summed E-state index contributed by atoms with van der Waals surface area (Å²) in [5.74, 6) is 0.833. The van der Waals surface area contributed by atoms with Gasteiger partial charge in [0.1, 0.15) is 0 Å². The van der Waals surface area contributed by atoms with Crippen LogP contribution in [0.5, 0.6) is 0 Å². The number of nitrogens with zero attached hydrogens (tertiary/aromatic N) is 1. The summed E-state index contributed by atoms with van der Waals surface area (Å²) in [7, 11) is 0. The van der Waals surface area contributed by atoms with E-state index >= 15 is 0 Å². The van der Waals surface area contributed by atoms with Gasteiger partial charge in [0.2, 0.25) is 0 Å². The molecule has 1 aliphatic rings. The second kappa shape index (κ2) is 2.50. The lowest BCUT2D eigenvalue weighted by Gasteiger charge is -1.93. The molecule has 0 aliphatic carbocycles. The number of aliphatic imine (C=N–C) groups is 1. The SMILES string of the molecule is C=COC1=NCCC1. The molecule has 0 aromatic carbocycles. The molecule has 0 spiro atoms. The number of hydrogen-bond acceptors (Lipinski definition) is 2. The molecule has 1 heterocycles. The Labute approximate surface area is 48.9 Å². The molecular weight excluding hydrogens is 102 g/mol. The lowest BCUT2D eigenvalue weighted by atomic mass is 10.4. The van der Waals surface area contributed by atoms with Crippen molar-refractivity contribution in [1.82, 2.24) is 0 Å². The largest absolute Gasteiger partial charge is 0.452 e. The Bertz CT molecular complexity index is 118. The predicted octanol–water partition coefficient (Wildman–Crippen LogP) is 1.34. The van der Waals surface area contributed by atoms with Crippen molar-refractivity contribution < 1.29 is 4.74 Å². The number of ether oxygens (including phenoxy) is 1. The van der Waals surface area contributed by atoms with Crippen molar-refractivity contribution in [2.24, 2.45) is 4.99 Å². The summed E-state index contributed by atoms with van der Waals surface area (Å²) in [5.41, 5.74) is 0. The summed E-state index contributed by atoms with van der Waals surface area (Å²) >= 11 is 0. The lowest BCUT2D eigenvalue weighted by Crippen LogP contribution is -1.92. The number of hydrogen-bond donors (Lipinski definition) is 0. The molecule has 0 saturated heterocycles. The van der Waals surface area contributed by atoms with Gasteiger partial charge in [-0.3, -0.25) is 4.99 Å². The fourth-order valence-corrected chi connectivity index (χ4v) is 0.705. The Hall–Kier alpha value is -0.790. The van der Waals surface area contributed by atoms with E-state index in [1.165, 1.54) is 6.26 Å². The molecule has 44 valence electrons. The molecule has 0 N–H and O–H groups in total. The van der Waals surface area contributed by atoms with E-state index in [1.54, 1.807) is 0 Å². The fourth-order valence-electron chi connectivity index (χ4n) is 0.705. The topological polar surface area (TPSA) is 21.6 Å². The molecule has 8 heavy (non-hydrogen) atoms. The zero-order valence-corrected chi connectivity index (χ0v) is 4.76. The smallest absolute Gasteiger partial charge is 0.189 e. The fraction of sp³-hybridized carbons (Fsp3) is 0.500. The molecule has 2 heteroatoms. The van der Waals surface area contributed by atoms with Crippen LogP contribution < -0.4 is 0 Å². The molecule has 0 atom stereocenters. The molecule has 0 unspecified atom stereocenters. The van der Waals surface area contributed by atoms with E-state index in [4.69, 9.17) is 4.74 Å². The van der Waals surface area contributed by atoms with Crippen molar-refractivity contribution in [2.45, 2.75) is 12.8 Å². The third-order valence-electron chi connectivity index (χ3n) is 1.06. The average molecular weight is 111 g/mol. The van der Waals surface area contributed by atoms with Gasteiger partial charge in [-0.05, 0) is 6.42 Å². The molecule has 0 radical (unpaired) electrons. The highest BCUT2D eigenvalue weighted by atomic mass is 16.5. The van der Waals surface area contributed by atoms with Crippen molar-refractivity contribution in [1.29, 1.82) is 0 Å². The van der Waals surface area contributed by atoms with Gasteiger partial charge >= 0.3 is 0 Å². The summed E-state index contributed by atoms with van der Waals surface area (Å²) in [5, 5.41) is 0. The first-order valence-corrected chi connectivity index (χ1v) is 2.74. The van der Waals surface area contributed by atoms with Gasteiger partial charge in [0, 0.05) is 13.0 Å². The van der Waals surface area contributed by atoms with Crippen LogP contribution in [0, 0.1) is 0 Å². The second-order valence-corrected chi connectivity index (χ2v) is 1.66. The molecule has 2 nitrogen and oxygen atoms in total. The minimum absolute atomic E-state index is 0.833. The van der Waals surface area contributed by atoms with Gasteiger partial charge in [0.05, 0.1) is 6.26 Å². The van der Waals surface area contributed by atoms with Gasteiger partial charge in [-0.1, -0.05) is 6.58 Å². The zero-order valence-electron chi connectivity index (χ0n) is 4.76. The van der Waals surface area contributed by atoms with Crippen LogP contribution >= 0.6 is 0 Å². The van der Waals surface area contributed by atoms with Crippen molar-refractivity contribution in [3.8, 4) is 0 Å². The van der Waals surface area contributed by atoms with E-state index in [2.05, 4.69) is 11.6 Å². The maximum atomic E-state index is 4.92. The Kier molecular flexibility index (Phi) is 1.67. The Morgan fingerprint density at radius 3 is 3.12 bits per heavy atom. The summed E-state index contributed by atoms with van der Waals surface area (Å²) in [6.07, 6.45) is 3.53. The first-order valence-electron chi connectivity index (χ1n) is 2.74. The van der Waals surface area contributed by atoms with Crippen molar-refractivity contribution in [3.63, 3.8) is 0 Å². The minimum Gasteiger partial charge on any atom is -0.452 e. The third-order valence-corrected chi connectivity index (χ3v) is 1.06. The van der Waals surface area contributed by atoms with Crippen LogP contribution in [0.15, 0.2) is 17.8 Å². The van der Waals surface area contributed by atoms with Crippen molar-refractivity contribution in [2.75, 3.05) is 6.54 Å². The summed E-state index contributed by atoms with van der Waals surface area (Å²) < 4.78 is 4.92. The van der Waals surface area contributed by atoms with Crippen LogP contribution in [0.3, 0.4) is 0 Å². The third kappa shape index (κ3) is 1.09. The van der Waals surface area contributed by atoms with Crippen LogP contribution in [0.1, 0.15) is 12.8 Å². The van der Waals surface area contributed by atoms with Crippen LogP contribution in [-0.2, 0) is 4.74 Å². The van der Waals surface area contributed by atoms with Gasteiger partial charge in [-0.15, -0.1) is 0 Å². The van der Waals surface area contributed by atoms with E-state index in [-0.39, 0.29) is 0 Å². The molecule has 1 aliphatic heterocycles. The first-order chi connectivity index (χ1) is 3.93. The molecule has 0 aromatic rings. The van der Waals surface area contributed by atoms with Gasteiger partial charge < -0.3 is 4.74 Å². The van der Waals surface area contributed by atoms with E-state index in [1.807, 2.05) is 0 Å². The maximum Gasteiger partial charge on any atom is 0.189 e. The van der Waals surface area contributed by atoms with Gasteiger partial charge in [0.25, 0.3) is 0 Å². The van der Waals surface area contributed by atoms with Crippen molar-refractivity contribution >= 4 is 5.90 Å². The molecule has 0 aromatic heterocycles. The van der Waals surface area contributed by atoms with Gasteiger partial charge in [-0.25, -0.2) is 0 Å². The lowest BCUT2D eigenvalue weighted by molar-refractivity contribution is 0.464. The van der Waals surface area contributed by atoms with Crippen LogP contribution in [0.2, 0.25) is 0 Å². The van der Waals surface area contributed by atoms with Crippen molar-refractivity contribution in [3.05, 3.63) is 12.8 Å². The highest BCUT2D eigenvalue weighted by Crippen LogP contribution is 2.03. The Balaban J connectivity index is 2.33. The van der Waals surface area contributed by atoms with Gasteiger partial charge in [-0.2, -0.15) is 0 Å². The summed E-state index contributed by atoms with van der Waals surface area (Å²) in [6.45, 7) is 4.34. The highest BCUT2D eigenvalue weighted by Gasteiger charge is 2.03. The molecule has 1 rings (SSSR count). The molecule has 0 amide bonds. The Morgan fingerprint density at radius 1 is 1.75 bits per heavy atom. The first kappa shape index (κ1) is 5.35. The second-order valence-electron chi connectivity index (χ2n) is 1.66. The summed E-state index contributed by atoms with van der Waals surface area (Å²) in [4.78, 5) is 4.05. The normalized spacial score (nSPS) is 17.8. The van der Waals surface area contributed by atoms with E-state index < -0.39 is 0 Å². The molecule has 0 fully saturated rings. The van der Waals surface area contributed by atoms with Crippen LogP contribution in [0.25, 0.3) is 0 Å². The number of rotatable bonds is 1. The van der Waals surface area contributed by atoms with Crippen LogP contribution in [0.4, 0.5) is 0 Å². The highest BCUT2D eigenvalue weighted by molar-refractivity contribution is 5.77. The molecular formula is C6H9NO.